The van der Waals surface area contributed by atoms with Crippen LogP contribution in [0.25, 0.3) is 6.08 Å². The number of amides is 2. The van der Waals surface area contributed by atoms with Crippen LogP contribution in [0.4, 0.5) is 4.79 Å². The number of rotatable bonds is 4. The van der Waals surface area contributed by atoms with E-state index in [9.17, 15) is 19.5 Å². The molecule has 0 atom stereocenters. The van der Waals surface area contributed by atoms with E-state index in [2.05, 4.69) is 0 Å². The minimum atomic E-state index is -1.31. The summed E-state index contributed by atoms with van der Waals surface area (Å²) in [6, 6.07) is 12.9. The van der Waals surface area contributed by atoms with Crippen molar-refractivity contribution in [2.45, 2.75) is 6.54 Å². The Hall–Kier alpha value is -2.57. The highest BCUT2D eigenvalue weighted by Gasteiger charge is 2.34. The number of hydrogen-bond donors (Lipinski definition) is 0. The summed E-state index contributed by atoms with van der Waals surface area (Å²) in [5.41, 5.74) is 1.30. The lowest BCUT2D eigenvalue weighted by Gasteiger charge is -2.13. The summed E-state index contributed by atoms with van der Waals surface area (Å²) in [5, 5.41) is 11.1. The summed E-state index contributed by atoms with van der Waals surface area (Å²) < 4.78 is 0. The monoisotopic (exact) mass is 372 g/mol. The fourth-order valence-electron chi connectivity index (χ4n) is 2.33. The topological polar surface area (TPSA) is 77.5 Å². The molecule has 0 spiro atoms. The number of aromatic carboxylic acids is 1. The lowest BCUT2D eigenvalue weighted by atomic mass is 10.1. The fourth-order valence-corrected chi connectivity index (χ4v) is 3.29. The van der Waals surface area contributed by atoms with Crippen molar-refractivity contribution in [3.05, 3.63) is 75.1 Å². The number of benzene rings is 2. The van der Waals surface area contributed by atoms with Gasteiger partial charge in [-0.3, -0.25) is 14.5 Å². The van der Waals surface area contributed by atoms with Gasteiger partial charge in [-0.15, -0.1) is 0 Å². The van der Waals surface area contributed by atoms with Crippen LogP contribution in [0, 0.1) is 0 Å². The van der Waals surface area contributed by atoms with Crippen LogP contribution in [0.15, 0.2) is 53.4 Å². The van der Waals surface area contributed by atoms with Crippen LogP contribution in [0.5, 0.6) is 0 Å². The number of carboxylic acids is 1. The number of hydrogen-bond acceptors (Lipinski definition) is 5. The molecule has 0 radical (unpaired) electrons. The number of thioether (sulfide) groups is 1. The van der Waals surface area contributed by atoms with E-state index in [0.29, 0.717) is 15.5 Å². The first-order chi connectivity index (χ1) is 11.9. The van der Waals surface area contributed by atoms with Gasteiger partial charge in [0.1, 0.15) is 0 Å². The molecule has 0 bridgehead atoms. The van der Waals surface area contributed by atoms with Crippen molar-refractivity contribution in [3.8, 4) is 0 Å². The standard InChI is InChI=1S/C18H12ClNO4S/c19-14-6-4-11(5-7-14)9-15-16(21)20(18(24)25-15)10-12-2-1-3-13(8-12)17(22)23/h1-9H,10H2,(H,22,23)/p-1/b15-9+. The third-order valence-corrected chi connectivity index (χ3v) is 4.70. The number of carbonyl (C=O) groups excluding carboxylic acids is 3. The third-order valence-electron chi connectivity index (χ3n) is 3.54. The molecule has 5 nitrogen and oxygen atoms in total. The van der Waals surface area contributed by atoms with Crippen LogP contribution in [0.3, 0.4) is 0 Å². The highest BCUT2D eigenvalue weighted by Crippen LogP contribution is 2.33. The van der Waals surface area contributed by atoms with Crippen molar-refractivity contribution in [2.75, 3.05) is 0 Å². The van der Waals surface area contributed by atoms with Gasteiger partial charge in [-0.05, 0) is 52.7 Å². The first-order valence-electron chi connectivity index (χ1n) is 7.25. The van der Waals surface area contributed by atoms with Gasteiger partial charge in [-0.1, -0.05) is 41.9 Å². The number of halogens is 1. The third kappa shape index (κ3) is 3.92. The zero-order valence-electron chi connectivity index (χ0n) is 12.8. The minimum absolute atomic E-state index is 0.00109. The molecule has 0 unspecified atom stereocenters. The molecule has 0 aliphatic carbocycles. The van der Waals surface area contributed by atoms with E-state index in [-0.39, 0.29) is 12.1 Å². The Labute approximate surface area is 152 Å². The van der Waals surface area contributed by atoms with E-state index < -0.39 is 17.1 Å². The van der Waals surface area contributed by atoms with Gasteiger partial charge < -0.3 is 9.90 Å². The first-order valence-corrected chi connectivity index (χ1v) is 8.45. The van der Waals surface area contributed by atoms with Crippen LogP contribution in [-0.2, 0) is 11.3 Å². The molecular weight excluding hydrogens is 362 g/mol. The fraction of sp³-hybridized carbons (Fsp3) is 0.0556. The van der Waals surface area contributed by atoms with Crippen LogP contribution >= 0.6 is 23.4 Å². The quantitative estimate of drug-likeness (QED) is 0.771. The summed E-state index contributed by atoms with van der Waals surface area (Å²) in [6.07, 6.45) is 1.62. The lowest BCUT2D eigenvalue weighted by molar-refractivity contribution is -0.255. The lowest BCUT2D eigenvalue weighted by Crippen LogP contribution is -2.28. The molecular formula is C18H11ClNO4S-. The van der Waals surface area contributed by atoms with Crippen molar-refractivity contribution in [2.24, 2.45) is 0 Å². The van der Waals surface area contributed by atoms with Gasteiger partial charge in [0.05, 0.1) is 17.4 Å². The molecule has 1 fully saturated rings. The maximum Gasteiger partial charge on any atom is 0.293 e. The van der Waals surface area contributed by atoms with Crippen molar-refractivity contribution in [3.63, 3.8) is 0 Å². The average Bonchev–Trinajstić information content (AvgIpc) is 2.85. The van der Waals surface area contributed by atoms with E-state index in [1.54, 1.807) is 42.5 Å². The SMILES string of the molecule is O=C([O-])c1cccc(CN2C(=O)S/C(=C/c3ccc(Cl)cc3)C2=O)c1. The summed E-state index contributed by atoms with van der Waals surface area (Å²) >= 11 is 6.67. The van der Waals surface area contributed by atoms with Gasteiger partial charge in [-0.25, -0.2) is 0 Å². The van der Waals surface area contributed by atoms with E-state index in [0.717, 1.165) is 22.2 Å². The normalized spacial score (nSPS) is 15.9. The molecule has 1 heterocycles. The summed E-state index contributed by atoms with van der Waals surface area (Å²) in [7, 11) is 0. The van der Waals surface area contributed by atoms with Gasteiger partial charge >= 0.3 is 0 Å². The number of carbonyl (C=O) groups is 3. The van der Waals surface area contributed by atoms with Crippen molar-refractivity contribution in [1.82, 2.24) is 4.90 Å². The molecule has 1 saturated heterocycles. The maximum absolute atomic E-state index is 12.5. The molecule has 126 valence electrons. The Morgan fingerprint density at radius 3 is 2.56 bits per heavy atom. The van der Waals surface area contributed by atoms with Crippen LogP contribution < -0.4 is 5.11 Å². The molecule has 2 aromatic carbocycles. The Kier molecular flexibility index (Phi) is 4.92. The Balaban J connectivity index is 1.81. The van der Waals surface area contributed by atoms with Gasteiger partial charge in [0.25, 0.3) is 11.1 Å². The number of carboxylic acid groups (broad SMARTS) is 1. The Morgan fingerprint density at radius 1 is 1.16 bits per heavy atom. The Bertz CT molecular complexity index is 892. The zero-order chi connectivity index (χ0) is 18.0. The largest absolute Gasteiger partial charge is 0.545 e. The summed E-state index contributed by atoms with van der Waals surface area (Å²) in [4.78, 5) is 36.9. The molecule has 1 aliphatic rings. The second-order valence-electron chi connectivity index (χ2n) is 5.31. The molecule has 3 rings (SSSR count). The van der Waals surface area contributed by atoms with E-state index in [1.165, 1.54) is 12.1 Å². The molecule has 1 aliphatic heterocycles. The molecule has 0 aromatic heterocycles. The molecule has 2 aromatic rings. The van der Waals surface area contributed by atoms with Gasteiger partial charge in [-0.2, -0.15) is 0 Å². The van der Waals surface area contributed by atoms with Crippen molar-refractivity contribution < 1.29 is 19.5 Å². The van der Waals surface area contributed by atoms with E-state index in [4.69, 9.17) is 11.6 Å². The number of nitrogens with zero attached hydrogens (tertiary/aromatic N) is 1. The summed E-state index contributed by atoms with van der Waals surface area (Å²) in [5.74, 6) is -1.72. The highest BCUT2D eigenvalue weighted by atomic mass is 35.5. The van der Waals surface area contributed by atoms with Crippen LogP contribution in [0.1, 0.15) is 21.5 Å². The van der Waals surface area contributed by atoms with E-state index >= 15 is 0 Å². The van der Waals surface area contributed by atoms with Crippen LogP contribution in [-0.4, -0.2) is 22.0 Å². The van der Waals surface area contributed by atoms with Gasteiger partial charge in [0.15, 0.2) is 0 Å². The molecule has 0 saturated carbocycles. The first kappa shape index (κ1) is 17.3. The zero-order valence-corrected chi connectivity index (χ0v) is 14.3. The smallest absolute Gasteiger partial charge is 0.293 e. The molecule has 7 heteroatoms. The number of imide groups is 1. The average molecular weight is 373 g/mol. The predicted molar refractivity (Wildman–Crippen MR) is 93.7 cm³/mol. The van der Waals surface area contributed by atoms with Crippen molar-refractivity contribution >= 4 is 46.6 Å². The van der Waals surface area contributed by atoms with E-state index in [1.807, 2.05) is 0 Å². The summed E-state index contributed by atoms with van der Waals surface area (Å²) in [6.45, 7) is 0.00371. The van der Waals surface area contributed by atoms with Crippen LogP contribution in [0.2, 0.25) is 5.02 Å². The Morgan fingerprint density at radius 2 is 1.88 bits per heavy atom. The minimum Gasteiger partial charge on any atom is -0.545 e. The molecule has 2 amide bonds. The van der Waals surface area contributed by atoms with Gasteiger partial charge in [0.2, 0.25) is 0 Å². The molecule has 25 heavy (non-hydrogen) atoms. The van der Waals surface area contributed by atoms with Crippen molar-refractivity contribution in [1.29, 1.82) is 0 Å². The second kappa shape index (κ2) is 7.13. The predicted octanol–water partition coefficient (Wildman–Crippen LogP) is 2.94. The van der Waals surface area contributed by atoms with Gasteiger partial charge in [0, 0.05) is 5.02 Å². The second-order valence-corrected chi connectivity index (χ2v) is 6.74. The molecule has 0 N–H and O–H groups in total. The maximum atomic E-state index is 12.5. The highest BCUT2D eigenvalue weighted by molar-refractivity contribution is 8.18.